The number of hydrogen-bond acceptors (Lipinski definition) is 5. The first-order chi connectivity index (χ1) is 15.1. The zero-order valence-electron chi connectivity index (χ0n) is 17.3. The number of ether oxygens (including phenoxy) is 1. The average Bonchev–Trinajstić information content (AvgIpc) is 3.11. The van der Waals surface area contributed by atoms with Crippen LogP contribution in [0.15, 0.2) is 52.7 Å². The van der Waals surface area contributed by atoms with Crippen LogP contribution in [0.5, 0.6) is 5.75 Å². The summed E-state index contributed by atoms with van der Waals surface area (Å²) in [7, 11) is 0. The minimum atomic E-state index is -0.347. The van der Waals surface area contributed by atoms with E-state index in [1.54, 1.807) is 24.4 Å². The van der Waals surface area contributed by atoms with Gasteiger partial charge in [-0.25, -0.2) is 0 Å². The summed E-state index contributed by atoms with van der Waals surface area (Å²) in [5.41, 5.74) is 1.66. The summed E-state index contributed by atoms with van der Waals surface area (Å²) in [5.74, 6) is 0.718. The third-order valence-corrected chi connectivity index (χ3v) is 6.51. The van der Waals surface area contributed by atoms with Crippen LogP contribution >= 0.6 is 35.0 Å². The lowest BCUT2D eigenvalue weighted by Gasteiger charge is -2.09. The number of halogens is 2. The molecule has 1 saturated heterocycles. The van der Waals surface area contributed by atoms with E-state index in [2.05, 4.69) is 22.4 Å². The van der Waals surface area contributed by atoms with Crippen LogP contribution in [-0.4, -0.2) is 29.1 Å². The predicted molar refractivity (Wildman–Crippen MR) is 131 cm³/mol. The zero-order chi connectivity index (χ0) is 22.1. The van der Waals surface area contributed by atoms with E-state index >= 15 is 0 Å². The Hall–Kier alpha value is -2.02. The minimum Gasteiger partial charge on any atom is -0.494 e. The van der Waals surface area contributed by atoms with Gasteiger partial charge in [0.15, 0.2) is 5.17 Å². The zero-order valence-corrected chi connectivity index (χ0v) is 19.6. The van der Waals surface area contributed by atoms with E-state index in [9.17, 15) is 4.79 Å². The van der Waals surface area contributed by atoms with Crippen LogP contribution in [0.2, 0.25) is 10.0 Å². The van der Waals surface area contributed by atoms with E-state index < -0.39 is 0 Å². The van der Waals surface area contributed by atoms with E-state index in [4.69, 9.17) is 27.9 Å². The molecule has 1 unspecified atom stereocenters. The lowest BCUT2D eigenvalue weighted by Crippen LogP contribution is -2.26. The van der Waals surface area contributed by atoms with Gasteiger partial charge in [0.05, 0.1) is 18.1 Å². The summed E-state index contributed by atoms with van der Waals surface area (Å²) >= 11 is 13.8. The van der Waals surface area contributed by atoms with Gasteiger partial charge in [0, 0.05) is 10.0 Å². The summed E-state index contributed by atoms with van der Waals surface area (Å²) in [6, 6.07) is 13.0. The van der Waals surface area contributed by atoms with E-state index in [0.717, 1.165) is 29.9 Å². The van der Waals surface area contributed by atoms with Gasteiger partial charge in [-0.1, -0.05) is 67.2 Å². The number of unbranched alkanes of at least 4 members (excludes halogenated alkanes) is 3. The quantitative estimate of drug-likeness (QED) is 0.254. The molecule has 1 atom stereocenters. The molecule has 0 aromatic heterocycles. The Bertz CT molecular complexity index is 928. The highest BCUT2D eigenvalue weighted by Gasteiger charge is 2.31. The SMILES string of the molecule is CCCCCCOc1ccc(C=NN=C2NC(=O)C(Cc3c(Cl)cccc3Cl)S2)cc1. The van der Waals surface area contributed by atoms with Crippen molar-refractivity contribution in [2.45, 2.75) is 44.3 Å². The second kappa shape index (κ2) is 12.1. The molecule has 0 radical (unpaired) electrons. The van der Waals surface area contributed by atoms with Crippen LogP contribution in [0.25, 0.3) is 0 Å². The highest BCUT2D eigenvalue weighted by atomic mass is 35.5. The third-order valence-electron chi connectivity index (χ3n) is 4.73. The maximum absolute atomic E-state index is 12.3. The molecular weight excluding hydrogens is 453 g/mol. The first kappa shape index (κ1) is 23.6. The topological polar surface area (TPSA) is 63.1 Å². The number of nitrogens with zero attached hydrogens (tertiary/aromatic N) is 2. The second-order valence-electron chi connectivity index (χ2n) is 7.13. The van der Waals surface area contributed by atoms with Gasteiger partial charge in [-0.2, -0.15) is 5.10 Å². The Morgan fingerprint density at radius 1 is 1.10 bits per heavy atom. The average molecular weight is 478 g/mol. The monoisotopic (exact) mass is 477 g/mol. The summed E-state index contributed by atoms with van der Waals surface area (Å²) in [6.45, 7) is 2.93. The van der Waals surface area contributed by atoms with Crippen LogP contribution < -0.4 is 10.1 Å². The second-order valence-corrected chi connectivity index (χ2v) is 9.13. The van der Waals surface area contributed by atoms with Gasteiger partial charge in [0.1, 0.15) is 5.75 Å². The van der Waals surface area contributed by atoms with Gasteiger partial charge in [-0.15, -0.1) is 5.10 Å². The van der Waals surface area contributed by atoms with Gasteiger partial charge in [-0.05, 0) is 60.4 Å². The molecule has 1 fully saturated rings. The summed E-state index contributed by atoms with van der Waals surface area (Å²) in [6.07, 6.45) is 6.80. The number of carbonyl (C=O) groups excluding carboxylic acids is 1. The maximum atomic E-state index is 12.3. The van der Waals surface area contributed by atoms with Crippen LogP contribution in [0, 0.1) is 0 Å². The fourth-order valence-electron chi connectivity index (χ4n) is 3.02. The van der Waals surface area contributed by atoms with E-state index in [1.165, 1.54) is 31.0 Å². The smallest absolute Gasteiger partial charge is 0.239 e. The molecule has 31 heavy (non-hydrogen) atoms. The largest absolute Gasteiger partial charge is 0.494 e. The number of amides is 1. The third kappa shape index (κ3) is 7.27. The fourth-order valence-corrected chi connectivity index (χ4v) is 4.51. The number of carbonyl (C=O) groups is 1. The molecule has 8 heteroatoms. The minimum absolute atomic E-state index is 0.129. The summed E-state index contributed by atoms with van der Waals surface area (Å²) < 4.78 is 5.74. The molecule has 2 aromatic rings. The molecule has 2 aromatic carbocycles. The predicted octanol–water partition coefficient (Wildman–Crippen LogP) is 6.12. The first-order valence-electron chi connectivity index (χ1n) is 10.3. The Morgan fingerprint density at radius 3 is 2.55 bits per heavy atom. The van der Waals surface area contributed by atoms with Crippen LogP contribution in [0.1, 0.15) is 43.7 Å². The Balaban J connectivity index is 1.51. The lowest BCUT2D eigenvalue weighted by molar-refractivity contribution is -0.118. The van der Waals surface area contributed by atoms with Gasteiger partial charge in [-0.3, -0.25) is 4.79 Å². The number of thioether (sulfide) groups is 1. The van der Waals surface area contributed by atoms with Crippen molar-refractivity contribution in [3.8, 4) is 5.75 Å². The van der Waals surface area contributed by atoms with Crippen LogP contribution in [0.3, 0.4) is 0 Å². The van der Waals surface area contributed by atoms with E-state index in [1.807, 2.05) is 24.3 Å². The normalized spacial score (nSPS) is 17.5. The Kier molecular flexibility index (Phi) is 9.25. The van der Waals surface area contributed by atoms with Gasteiger partial charge in [0.25, 0.3) is 0 Å². The van der Waals surface area contributed by atoms with Crippen molar-refractivity contribution in [2.75, 3.05) is 6.61 Å². The van der Waals surface area contributed by atoms with Crippen molar-refractivity contribution in [1.82, 2.24) is 5.32 Å². The lowest BCUT2D eigenvalue weighted by atomic mass is 10.1. The summed E-state index contributed by atoms with van der Waals surface area (Å²) in [5, 5.41) is 12.2. The molecule has 164 valence electrons. The molecular formula is C23H25Cl2N3O2S. The molecule has 1 heterocycles. The van der Waals surface area contributed by atoms with Gasteiger partial charge >= 0.3 is 0 Å². The van der Waals surface area contributed by atoms with Gasteiger partial charge < -0.3 is 10.1 Å². The molecule has 1 amide bonds. The van der Waals surface area contributed by atoms with Crippen molar-refractivity contribution in [1.29, 1.82) is 0 Å². The molecule has 0 spiro atoms. The molecule has 5 nitrogen and oxygen atoms in total. The standard InChI is InChI=1S/C23H25Cl2N3O2S/c1-2-3-4-5-13-30-17-11-9-16(10-12-17)15-26-28-23-27-22(29)21(31-23)14-18-19(24)7-6-8-20(18)25/h6-12,15,21H,2-5,13-14H2,1H3,(H,27,28,29). The fraction of sp³-hybridized carbons (Fsp3) is 0.348. The highest BCUT2D eigenvalue weighted by molar-refractivity contribution is 8.15. The van der Waals surface area contributed by atoms with Gasteiger partial charge in [0.2, 0.25) is 5.91 Å². The van der Waals surface area contributed by atoms with Crippen molar-refractivity contribution in [3.63, 3.8) is 0 Å². The van der Waals surface area contributed by atoms with Crippen LogP contribution in [-0.2, 0) is 11.2 Å². The maximum Gasteiger partial charge on any atom is 0.239 e. The number of benzene rings is 2. The molecule has 0 saturated carbocycles. The molecule has 1 aliphatic heterocycles. The molecule has 1 aliphatic rings. The number of amidine groups is 1. The number of rotatable bonds is 10. The highest BCUT2D eigenvalue weighted by Crippen LogP contribution is 2.30. The Labute approximate surface area is 197 Å². The van der Waals surface area contributed by atoms with E-state index in [0.29, 0.717) is 21.6 Å². The molecule has 0 bridgehead atoms. The molecule has 0 aliphatic carbocycles. The van der Waals surface area contributed by atoms with Crippen molar-refractivity contribution in [2.24, 2.45) is 10.2 Å². The first-order valence-corrected chi connectivity index (χ1v) is 11.9. The van der Waals surface area contributed by atoms with Crippen molar-refractivity contribution >= 4 is 52.3 Å². The van der Waals surface area contributed by atoms with Crippen molar-refractivity contribution in [3.05, 3.63) is 63.6 Å². The Morgan fingerprint density at radius 2 is 1.84 bits per heavy atom. The van der Waals surface area contributed by atoms with Crippen molar-refractivity contribution < 1.29 is 9.53 Å². The number of hydrogen-bond donors (Lipinski definition) is 1. The number of nitrogens with one attached hydrogen (secondary N) is 1. The van der Waals surface area contributed by atoms with E-state index in [-0.39, 0.29) is 11.2 Å². The molecule has 1 N–H and O–H groups in total. The summed E-state index contributed by atoms with van der Waals surface area (Å²) in [4.78, 5) is 12.3. The van der Waals surface area contributed by atoms with Crippen LogP contribution in [0.4, 0.5) is 0 Å². The molecule has 3 rings (SSSR count).